The number of unbranched alkanes of at least 4 members (excludes halogenated alkanes) is 12. The predicted octanol–water partition coefficient (Wildman–Crippen LogP) is 7.36. The highest BCUT2D eigenvalue weighted by atomic mass is 16.5. The number of carbonyl (C=O) groups excluding carboxylic acids is 1. The number of hydrogen-bond acceptors (Lipinski definition) is 3. The van der Waals surface area contributed by atoms with Crippen molar-refractivity contribution in [3.8, 4) is 0 Å². The predicted molar refractivity (Wildman–Crippen MR) is 114 cm³/mol. The minimum absolute atomic E-state index is 0.0158. The highest BCUT2D eigenvalue weighted by Crippen LogP contribution is 2.19. The summed E-state index contributed by atoms with van der Waals surface area (Å²) in [4.78, 5) is 11.9. The first-order chi connectivity index (χ1) is 13.2. The van der Waals surface area contributed by atoms with Gasteiger partial charge in [-0.15, -0.1) is 0 Å². The Labute approximate surface area is 169 Å². The Morgan fingerprint density at radius 1 is 0.926 bits per heavy atom. The van der Waals surface area contributed by atoms with Crippen molar-refractivity contribution in [2.75, 3.05) is 6.61 Å². The highest BCUT2D eigenvalue weighted by Gasteiger charge is 2.17. The van der Waals surface area contributed by atoms with Crippen LogP contribution in [0.5, 0.6) is 0 Å². The molecule has 0 aromatic rings. The molecule has 160 valence electrons. The van der Waals surface area contributed by atoms with E-state index >= 15 is 0 Å². The van der Waals surface area contributed by atoms with Crippen molar-refractivity contribution in [2.45, 2.75) is 142 Å². The third-order valence-electron chi connectivity index (χ3n) is 5.74. The van der Waals surface area contributed by atoms with E-state index in [-0.39, 0.29) is 12.1 Å². The van der Waals surface area contributed by atoms with Gasteiger partial charge in [0.05, 0.1) is 12.2 Å². The van der Waals surface area contributed by atoms with E-state index in [0.717, 1.165) is 32.3 Å². The Hall–Kier alpha value is -0.570. The van der Waals surface area contributed by atoms with Crippen molar-refractivity contribution in [1.29, 1.82) is 0 Å². The standard InChI is InChI=1S/C24H46O3/c1-3-4-5-6-7-8-9-10-11-12-13-14-15-18-24(25)27-22(2)19-20-23-17-16-21-26-23/h22-23H,3-21H2,1-2H3. The maximum Gasteiger partial charge on any atom is 0.306 e. The van der Waals surface area contributed by atoms with E-state index in [9.17, 15) is 4.79 Å². The number of carbonyl (C=O) groups is 1. The number of hydrogen-bond donors (Lipinski definition) is 0. The molecule has 27 heavy (non-hydrogen) atoms. The molecule has 0 amide bonds. The molecule has 1 heterocycles. The van der Waals surface area contributed by atoms with E-state index < -0.39 is 0 Å². The Bertz CT molecular complexity index is 337. The Morgan fingerprint density at radius 3 is 2.00 bits per heavy atom. The average Bonchev–Trinajstić information content (AvgIpc) is 3.17. The summed E-state index contributed by atoms with van der Waals surface area (Å²) >= 11 is 0. The zero-order valence-electron chi connectivity index (χ0n) is 18.3. The normalized spacial score (nSPS) is 17.9. The van der Waals surface area contributed by atoms with Gasteiger partial charge in [-0.05, 0) is 39.0 Å². The molecule has 1 aliphatic rings. The van der Waals surface area contributed by atoms with Gasteiger partial charge in [0.1, 0.15) is 0 Å². The number of esters is 1. The summed E-state index contributed by atoms with van der Waals surface area (Å²) in [7, 11) is 0. The summed E-state index contributed by atoms with van der Waals surface area (Å²) in [5, 5.41) is 0. The zero-order chi connectivity index (χ0) is 19.6. The van der Waals surface area contributed by atoms with Gasteiger partial charge in [-0.2, -0.15) is 0 Å². The fraction of sp³-hybridized carbons (Fsp3) is 0.958. The van der Waals surface area contributed by atoms with Gasteiger partial charge in [0, 0.05) is 13.0 Å². The summed E-state index contributed by atoms with van der Waals surface area (Å²) in [6.45, 7) is 5.19. The molecule has 0 aromatic heterocycles. The van der Waals surface area contributed by atoms with Gasteiger partial charge in [-0.25, -0.2) is 0 Å². The van der Waals surface area contributed by atoms with Crippen LogP contribution in [0.4, 0.5) is 0 Å². The van der Waals surface area contributed by atoms with Gasteiger partial charge < -0.3 is 9.47 Å². The van der Waals surface area contributed by atoms with Crippen LogP contribution in [0.2, 0.25) is 0 Å². The van der Waals surface area contributed by atoms with E-state index in [1.54, 1.807) is 0 Å². The van der Waals surface area contributed by atoms with Crippen LogP contribution >= 0.6 is 0 Å². The molecule has 0 aromatic carbocycles. The monoisotopic (exact) mass is 382 g/mol. The topological polar surface area (TPSA) is 35.5 Å². The van der Waals surface area contributed by atoms with Gasteiger partial charge in [0.15, 0.2) is 0 Å². The molecule has 0 radical (unpaired) electrons. The van der Waals surface area contributed by atoms with Crippen LogP contribution in [-0.4, -0.2) is 24.8 Å². The molecular formula is C24H46O3. The summed E-state index contributed by atoms with van der Waals surface area (Å²) < 4.78 is 11.1. The minimum Gasteiger partial charge on any atom is -0.463 e. The molecule has 1 fully saturated rings. The van der Waals surface area contributed by atoms with Crippen LogP contribution in [0.25, 0.3) is 0 Å². The lowest BCUT2D eigenvalue weighted by Gasteiger charge is -2.15. The van der Waals surface area contributed by atoms with Gasteiger partial charge in [-0.1, -0.05) is 84.0 Å². The second-order valence-corrected chi connectivity index (χ2v) is 8.51. The smallest absolute Gasteiger partial charge is 0.306 e. The van der Waals surface area contributed by atoms with Gasteiger partial charge in [0.2, 0.25) is 0 Å². The lowest BCUT2D eigenvalue weighted by Crippen LogP contribution is -2.17. The van der Waals surface area contributed by atoms with E-state index in [2.05, 4.69) is 6.92 Å². The summed E-state index contributed by atoms with van der Waals surface area (Å²) in [6, 6.07) is 0. The van der Waals surface area contributed by atoms with Crippen LogP contribution in [0.1, 0.15) is 129 Å². The first-order valence-corrected chi connectivity index (χ1v) is 12.0. The molecule has 0 N–H and O–H groups in total. The molecule has 3 heteroatoms. The Morgan fingerprint density at radius 2 is 1.48 bits per heavy atom. The maximum absolute atomic E-state index is 11.9. The fourth-order valence-electron chi connectivity index (χ4n) is 3.92. The largest absolute Gasteiger partial charge is 0.463 e. The van der Waals surface area contributed by atoms with E-state index in [1.807, 2.05) is 6.92 Å². The SMILES string of the molecule is CCCCCCCCCCCCCCCC(=O)OC(C)CCC1CCCO1. The van der Waals surface area contributed by atoms with Crippen LogP contribution < -0.4 is 0 Å². The van der Waals surface area contributed by atoms with Crippen molar-refractivity contribution in [1.82, 2.24) is 0 Å². The quantitative estimate of drug-likeness (QED) is 0.183. The van der Waals surface area contributed by atoms with Crippen LogP contribution in [0.15, 0.2) is 0 Å². The Balaban J connectivity index is 1.79. The molecule has 2 atom stereocenters. The summed E-state index contributed by atoms with van der Waals surface area (Å²) in [6.07, 6.45) is 22.6. The zero-order valence-corrected chi connectivity index (χ0v) is 18.3. The van der Waals surface area contributed by atoms with Crippen LogP contribution in [0, 0.1) is 0 Å². The molecule has 0 saturated carbocycles. The van der Waals surface area contributed by atoms with Crippen molar-refractivity contribution in [3.63, 3.8) is 0 Å². The molecule has 1 aliphatic heterocycles. The third kappa shape index (κ3) is 15.1. The third-order valence-corrected chi connectivity index (χ3v) is 5.74. The van der Waals surface area contributed by atoms with Crippen molar-refractivity contribution >= 4 is 5.97 Å². The van der Waals surface area contributed by atoms with Gasteiger partial charge in [-0.3, -0.25) is 4.79 Å². The fourth-order valence-corrected chi connectivity index (χ4v) is 3.92. The van der Waals surface area contributed by atoms with Crippen LogP contribution in [0.3, 0.4) is 0 Å². The van der Waals surface area contributed by atoms with E-state index in [1.165, 1.54) is 83.5 Å². The first kappa shape index (κ1) is 24.5. The molecule has 0 spiro atoms. The number of ether oxygens (including phenoxy) is 2. The van der Waals surface area contributed by atoms with Crippen LogP contribution in [-0.2, 0) is 14.3 Å². The van der Waals surface area contributed by atoms with Gasteiger partial charge in [0.25, 0.3) is 0 Å². The van der Waals surface area contributed by atoms with Crippen molar-refractivity contribution in [3.05, 3.63) is 0 Å². The minimum atomic E-state index is -0.0158. The first-order valence-electron chi connectivity index (χ1n) is 12.0. The summed E-state index contributed by atoms with van der Waals surface area (Å²) in [5.74, 6) is -0.0158. The van der Waals surface area contributed by atoms with E-state index in [4.69, 9.17) is 9.47 Å². The molecule has 0 bridgehead atoms. The Kier molecular flexibility index (Phi) is 15.9. The molecule has 3 nitrogen and oxygen atoms in total. The summed E-state index contributed by atoms with van der Waals surface area (Å²) in [5.41, 5.74) is 0. The maximum atomic E-state index is 11.9. The molecule has 1 rings (SSSR count). The molecular weight excluding hydrogens is 336 g/mol. The van der Waals surface area contributed by atoms with Gasteiger partial charge >= 0.3 is 5.97 Å². The molecule has 1 saturated heterocycles. The second kappa shape index (κ2) is 17.5. The van der Waals surface area contributed by atoms with Crippen molar-refractivity contribution < 1.29 is 14.3 Å². The lowest BCUT2D eigenvalue weighted by atomic mass is 10.0. The lowest BCUT2D eigenvalue weighted by molar-refractivity contribution is -0.148. The van der Waals surface area contributed by atoms with E-state index in [0.29, 0.717) is 12.5 Å². The second-order valence-electron chi connectivity index (χ2n) is 8.51. The average molecular weight is 383 g/mol. The highest BCUT2D eigenvalue weighted by molar-refractivity contribution is 5.69. The molecule has 0 aliphatic carbocycles. The number of rotatable bonds is 18. The molecule has 2 unspecified atom stereocenters. The van der Waals surface area contributed by atoms with Crippen molar-refractivity contribution in [2.24, 2.45) is 0 Å².